The van der Waals surface area contributed by atoms with Gasteiger partial charge in [-0.3, -0.25) is 14.7 Å². The number of fused-ring (bicyclic) bond motifs is 1. The highest BCUT2D eigenvalue weighted by Crippen LogP contribution is 2.52. The molecule has 1 aliphatic carbocycles. The van der Waals surface area contributed by atoms with Gasteiger partial charge < -0.3 is 29.1 Å². The fourth-order valence-electron chi connectivity index (χ4n) is 8.65. The average molecular weight is 778 g/mol. The molecule has 1 unspecified atom stereocenters. The van der Waals surface area contributed by atoms with Crippen LogP contribution in [0.4, 0.5) is 0 Å². The summed E-state index contributed by atoms with van der Waals surface area (Å²) in [5.74, 6) is 1.90. The maximum absolute atomic E-state index is 12.1. The molecular weight excluding hydrogens is 726 g/mol. The van der Waals surface area contributed by atoms with Crippen LogP contribution in [0.1, 0.15) is 65.5 Å². The van der Waals surface area contributed by atoms with E-state index >= 15 is 0 Å². The Hall–Kier alpha value is -4.66. The molecule has 0 bridgehead atoms. The fourth-order valence-corrected chi connectivity index (χ4v) is 8.89. The molecule has 11 heteroatoms. The normalized spacial score (nSPS) is 20.7. The van der Waals surface area contributed by atoms with Crippen molar-refractivity contribution in [2.24, 2.45) is 5.92 Å². The van der Waals surface area contributed by atoms with Gasteiger partial charge in [0, 0.05) is 61.3 Å². The van der Waals surface area contributed by atoms with E-state index in [9.17, 15) is 15.2 Å². The molecule has 3 atom stereocenters. The number of hydrogen-bond donors (Lipinski definition) is 1. The number of carboxylic acid groups (broad SMARTS) is 1. The zero-order valence-electron chi connectivity index (χ0n) is 32.9. The van der Waals surface area contributed by atoms with Crippen molar-refractivity contribution >= 4 is 17.6 Å². The number of halogens is 1. The smallest absolute Gasteiger partial charge is 0.320 e. The molecule has 0 radical (unpaired) electrons. The van der Waals surface area contributed by atoms with Gasteiger partial charge in [-0.1, -0.05) is 48.4 Å². The van der Waals surface area contributed by atoms with Crippen molar-refractivity contribution in [3.8, 4) is 34.4 Å². The second kappa shape index (κ2) is 17.2. The number of likely N-dealkylation sites (tertiary alicyclic amines) is 2. The molecule has 10 nitrogen and oxygen atoms in total. The number of nitrogens with zero attached hydrogens (tertiary/aromatic N) is 5. The predicted octanol–water partition coefficient (Wildman–Crippen LogP) is 7.89. The molecule has 2 aliphatic heterocycles. The zero-order chi connectivity index (χ0) is 39.4. The number of rotatable bonds is 16. The van der Waals surface area contributed by atoms with Crippen LogP contribution in [0.5, 0.6) is 17.2 Å². The highest BCUT2D eigenvalue weighted by atomic mass is 35.5. The Labute approximate surface area is 335 Å². The largest absolute Gasteiger partial charge is 0.493 e. The first-order chi connectivity index (χ1) is 27.1. The van der Waals surface area contributed by atoms with Crippen LogP contribution in [-0.4, -0.2) is 89.2 Å². The number of pyridine rings is 1. The Balaban J connectivity index is 1.04. The number of carboxylic acids is 1. The van der Waals surface area contributed by atoms with Crippen molar-refractivity contribution in [2.45, 2.75) is 77.3 Å². The lowest BCUT2D eigenvalue weighted by atomic mass is 9.93. The number of nitriles is 1. The SMILES string of the molecule is Cc1c(COc2cc(OCc3cncc(C#N)c3)c(CN3CCCC[C@H]3C(=O)O)cc2Cl)cccc1-c1cccc(OCCCN2CC3C[C@]3(N(C)C)C2)c1C. The number of aromatic nitrogens is 1. The topological polar surface area (TPSA) is 111 Å². The number of ether oxygens (including phenoxy) is 3. The summed E-state index contributed by atoms with van der Waals surface area (Å²) in [4.78, 5) is 23.2. The van der Waals surface area contributed by atoms with Gasteiger partial charge in [0.2, 0.25) is 0 Å². The van der Waals surface area contributed by atoms with E-state index in [2.05, 4.69) is 85.2 Å². The number of piperidine rings is 2. The second-order valence-electron chi connectivity index (χ2n) is 15.8. The fraction of sp³-hybridized carbons (Fsp3) is 0.444. The first kappa shape index (κ1) is 39.6. The highest BCUT2D eigenvalue weighted by molar-refractivity contribution is 6.32. The molecule has 1 N–H and O–H groups in total. The van der Waals surface area contributed by atoms with Crippen LogP contribution in [0.2, 0.25) is 5.02 Å². The Bertz CT molecular complexity index is 2100. The molecule has 56 heavy (non-hydrogen) atoms. The van der Waals surface area contributed by atoms with E-state index in [0.717, 1.165) is 83.0 Å². The van der Waals surface area contributed by atoms with Crippen molar-refractivity contribution in [2.75, 3.05) is 46.9 Å². The van der Waals surface area contributed by atoms with Gasteiger partial charge in [0.15, 0.2) is 0 Å². The van der Waals surface area contributed by atoms with Crippen molar-refractivity contribution in [3.05, 3.63) is 105 Å². The van der Waals surface area contributed by atoms with Crippen LogP contribution >= 0.6 is 11.6 Å². The summed E-state index contributed by atoms with van der Waals surface area (Å²) in [6, 6.07) is 19.4. The van der Waals surface area contributed by atoms with Gasteiger partial charge >= 0.3 is 5.97 Å². The summed E-state index contributed by atoms with van der Waals surface area (Å²) in [5.41, 5.74) is 7.83. The van der Waals surface area contributed by atoms with Crippen LogP contribution in [-0.2, 0) is 24.6 Å². The van der Waals surface area contributed by atoms with E-state index in [-0.39, 0.29) is 13.2 Å². The summed E-state index contributed by atoms with van der Waals surface area (Å²) in [7, 11) is 4.43. The van der Waals surface area contributed by atoms with E-state index < -0.39 is 12.0 Å². The molecular formula is C45H52ClN5O5. The maximum Gasteiger partial charge on any atom is 0.320 e. The standard InChI is InChI=1S/C45H52ClN5O5/c1-30-34(10-7-11-37(30)38-12-8-14-41(31(38)2)54-17-9-15-50-26-36-21-45(36,29-50)49(3)4)28-56-43-20-42(55-27-33-18-32(22-47)23-48-24-33)35(19-39(43)46)25-51-16-6-5-13-40(51)44(52)53/h7-8,10-12,14,18-20,23-24,36,40H,5-6,9,13,15-17,21,25-29H2,1-4H3,(H,52,53)/t36?,40-,45-/m0/s1. The van der Waals surface area contributed by atoms with Crippen molar-refractivity contribution in [1.82, 2.24) is 19.7 Å². The molecule has 0 spiro atoms. The number of benzene rings is 3. The first-order valence-electron chi connectivity index (χ1n) is 19.7. The molecule has 4 aromatic rings. The Morgan fingerprint density at radius 1 is 0.982 bits per heavy atom. The monoisotopic (exact) mass is 777 g/mol. The lowest BCUT2D eigenvalue weighted by Gasteiger charge is -2.33. The van der Waals surface area contributed by atoms with Gasteiger partial charge in [-0.2, -0.15) is 5.26 Å². The summed E-state index contributed by atoms with van der Waals surface area (Å²) in [6.07, 6.45) is 7.90. The summed E-state index contributed by atoms with van der Waals surface area (Å²) in [6.45, 7) is 9.81. The summed E-state index contributed by atoms with van der Waals surface area (Å²) < 4.78 is 19.1. The molecule has 7 rings (SSSR count). The molecule has 1 saturated carbocycles. The van der Waals surface area contributed by atoms with E-state index in [1.165, 1.54) is 19.2 Å². The highest BCUT2D eigenvalue weighted by Gasteiger charge is 2.60. The Morgan fingerprint density at radius 2 is 1.77 bits per heavy atom. The third-order valence-electron chi connectivity index (χ3n) is 12.1. The van der Waals surface area contributed by atoms with E-state index in [4.69, 9.17) is 25.8 Å². The predicted molar refractivity (Wildman–Crippen MR) is 217 cm³/mol. The molecule has 3 aliphatic rings. The minimum atomic E-state index is -0.827. The van der Waals surface area contributed by atoms with Crippen molar-refractivity contribution in [1.29, 1.82) is 5.26 Å². The minimum absolute atomic E-state index is 0.165. The van der Waals surface area contributed by atoms with E-state index in [1.807, 2.05) is 11.0 Å². The van der Waals surface area contributed by atoms with Gasteiger partial charge in [-0.25, -0.2) is 0 Å². The van der Waals surface area contributed by atoms with Crippen LogP contribution in [0, 0.1) is 31.1 Å². The van der Waals surface area contributed by atoms with Crippen molar-refractivity contribution < 1.29 is 24.1 Å². The Kier molecular flexibility index (Phi) is 12.2. The third-order valence-corrected chi connectivity index (χ3v) is 12.3. The van der Waals surface area contributed by atoms with Gasteiger partial charge in [0.05, 0.1) is 17.2 Å². The number of carbonyl (C=O) groups is 1. The number of aliphatic carboxylic acids is 1. The molecule has 1 aromatic heterocycles. The first-order valence-corrected chi connectivity index (χ1v) is 20.0. The maximum atomic E-state index is 12.1. The lowest BCUT2D eigenvalue weighted by Crippen LogP contribution is -2.44. The van der Waals surface area contributed by atoms with Crippen molar-refractivity contribution in [3.63, 3.8) is 0 Å². The molecule has 3 aromatic carbocycles. The molecule has 0 amide bonds. The molecule has 2 saturated heterocycles. The average Bonchev–Trinajstić information content (AvgIpc) is 3.77. The van der Waals surface area contributed by atoms with Gasteiger partial charge in [-0.15, -0.1) is 0 Å². The lowest BCUT2D eigenvalue weighted by molar-refractivity contribution is -0.144. The van der Waals surface area contributed by atoms with E-state index in [0.29, 0.717) is 53.7 Å². The third kappa shape index (κ3) is 8.67. The van der Waals surface area contributed by atoms with Gasteiger partial charge in [0.25, 0.3) is 0 Å². The second-order valence-corrected chi connectivity index (χ2v) is 16.2. The number of likely N-dealkylation sites (N-methyl/N-ethyl adjacent to an activating group) is 1. The van der Waals surface area contributed by atoms with Crippen LogP contribution in [0.3, 0.4) is 0 Å². The molecule has 3 fully saturated rings. The van der Waals surface area contributed by atoms with Crippen LogP contribution in [0.15, 0.2) is 67.0 Å². The summed E-state index contributed by atoms with van der Waals surface area (Å²) in [5, 5.41) is 19.7. The minimum Gasteiger partial charge on any atom is -0.493 e. The quantitative estimate of drug-likeness (QED) is 0.113. The van der Waals surface area contributed by atoms with Gasteiger partial charge in [0.1, 0.15) is 42.6 Å². The van der Waals surface area contributed by atoms with Crippen LogP contribution in [0.25, 0.3) is 11.1 Å². The summed E-state index contributed by atoms with van der Waals surface area (Å²) >= 11 is 6.88. The zero-order valence-corrected chi connectivity index (χ0v) is 33.6. The number of hydrogen-bond acceptors (Lipinski definition) is 9. The van der Waals surface area contributed by atoms with Gasteiger partial charge in [-0.05, 0) is 112 Å². The molecule has 294 valence electrons. The van der Waals surface area contributed by atoms with E-state index in [1.54, 1.807) is 18.3 Å². The van der Waals surface area contributed by atoms with Crippen LogP contribution < -0.4 is 14.2 Å². The molecule has 3 heterocycles. The Morgan fingerprint density at radius 3 is 2.54 bits per heavy atom.